The standard InChI is InChI=1S/C25H23F2N5O/c26-18-8-9-20(27)19(15-18)22-7-4-14-31(22)23-11-10-21-24(30-23)32(16-29-21)25(33)28-13-12-17-5-2-1-3-6-17/h1-3,5-6,8-11,15-16,22H,4,7,12-14H2,(H,28,33)/t22-/m1/s1. The van der Waals surface area contributed by atoms with Gasteiger partial charge in [-0.2, -0.15) is 0 Å². The summed E-state index contributed by atoms with van der Waals surface area (Å²) in [4.78, 5) is 23.7. The third-order valence-corrected chi connectivity index (χ3v) is 6.00. The van der Waals surface area contributed by atoms with Crippen molar-refractivity contribution >= 4 is 23.0 Å². The molecular formula is C25H23F2N5O. The van der Waals surface area contributed by atoms with Gasteiger partial charge in [-0.05, 0) is 55.2 Å². The minimum atomic E-state index is -0.466. The van der Waals surface area contributed by atoms with Gasteiger partial charge in [0.1, 0.15) is 29.3 Å². The second kappa shape index (κ2) is 8.97. The zero-order chi connectivity index (χ0) is 22.8. The molecule has 1 amide bonds. The highest BCUT2D eigenvalue weighted by Gasteiger charge is 2.30. The fourth-order valence-corrected chi connectivity index (χ4v) is 4.37. The van der Waals surface area contributed by atoms with E-state index in [1.807, 2.05) is 41.3 Å². The van der Waals surface area contributed by atoms with Gasteiger partial charge in [-0.15, -0.1) is 0 Å². The van der Waals surface area contributed by atoms with Crippen molar-refractivity contribution in [1.82, 2.24) is 19.9 Å². The molecule has 1 aliphatic heterocycles. The number of nitrogens with one attached hydrogen (secondary N) is 1. The molecule has 0 bridgehead atoms. The van der Waals surface area contributed by atoms with Gasteiger partial charge >= 0.3 is 6.03 Å². The first-order valence-corrected chi connectivity index (χ1v) is 11.0. The fraction of sp³-hybridized carbons (Fsp3) is 0.240. The molecule has 0 aliphatic carbocycles. The molecule has 0 spiro atoms. The van der Waals surface area contributed by atoms with Gasteiger partial charge in [0.15, 0.2) is 5.65 Å². The van der Waals surface area contributed by atoms with Gasteiger partial charge in [-0.25, -0.2) is 28.1 Å². The number of imidazole rings is 1. The molecular weight excluding hydrogens is 424 g/mol. The van der Waals surface area contributed by atoms with E-state index in [-0.39, 0.29) is 12.1 Å². The van der Waals surface area contributed by atoms with Crippen LogP contribution in [0.25, 0.3) is 11.2 Å². The average Bonchev–Trinajstić information content (AvgIpc) is 3.48. The molecule has 2 aromatic heterocycles. The van der Waals surface area contributed by atoms with Gasteiger partial charge < -0.3 is 10.2 Å². The topological polar surface area (TPSA) is 63.1 Å². The summed E-state index contributed by atoms with van der Waals surface area (Å²) in [7, 11) is 0. The Labute approximate surface area is 189 Å². The maximum absolute atomic E-state index is 14.4. The maximum Gasteiger partial charge on any atom is 0.328 e. The number of hydrogen-bond donors (Lipinski definition) is 1. The summed E-state index contributed by atoms with van der Waals surface area (Å²) in [6.07, 6.45) is 3.69. The minimum absolute atomic E-state index is 0.313. The van der Waals surface area contributed by atoms with E-state index in [9.17, 15) is 13.6 Å². The van der Waals surface area contributed by atoms with E-state index in [0.717, 1.165) is 24.1 Å². The molecule has 1 fully saturated rings. The van der Waals surface area contributed by atoms with Crippen LogP contribution in [0.5, 0.6) is 0 Å². The van der Waals surface area contributed by atoms with E-state index >= 15 is 0 Å². The number of hydrogen-bond acceptors (Lipinski definition) is 4. The highest BCUT2D eigenvalue weighted by Crippen LogP contribution is 2.37. The number of carbonyl (C=O) groups is 1. The van der Waals surface area contributed by atoms with E-state index in [1.54, 1.807) is 6.07 Å². The first-order valence-electron chi connectivity index (χ1n) is 11.0. The number of carbonyl (C=O) groups excluding carboxylic acids is 1. The van der Waals surface area contributed by atoms with Crippen LogP contribution in [0.3, 0.4) is 0 Å². The van der Waals surface area contributed by atoms with E-state index in [2.05, 4.69) is 15.3 Å². The van der Waals surface area contributed by atoms with Crippen molar-refractivity contribution in [2.75, 3.05) is 18.0 Å². The van der Waals surface area contributed by atoms with Crippen molar-refractivity contribution in [1.29, 1.82) is 0 Å². The summed E-state index contributed by atoms with van der Waals surface area (Å²) in [5, 5.41) is 2.90. The number of fused-ring (bicyclic) bond motifs is 1. The summed E-state index contributed by atoms with van der Waals surface area (Å²) < 4.78 is 29.6. The number of aromatic nitrogens is 3. The highest BCUT2D eigenvalue weighted by atomic mass is 19.1. The summed E-state index contributed by atoms with van der Waals surface area (Å²) in [6, 6.07) is 16.4. The van der Waals surface area contributed by atoms with Crippen LogP contribution in [0.2, 0.25) is 0 Å². The Kier molecular flexibility index (Phi) is 5.73. The van der Waals surface area contributed by atoms with Crippen LogP contribution < -0.4 is 10.2 Å². The SMILES string of the molecule is O=C(NCCc1ccccc1)n1cnc2ccc(N3CCC[C@@H]3c3cc(F)ccc3F)nc21. The third-order valence-electron chi connectivity index (χ3n) is 6.00. The highest BCUT2D eigenvalue weighted by molar-refractivity contribution is 5.87. The first-order chi connectivity index (χ1) is 16.1. The molecule has 0 saturated carbocycles. The van der Waals surface area contributed by atoms with E-state index in [0.29, 0.717) is 48.5 Å². The zero-order valence-corrected chi connectivity index (χ0v) is 17.9. The summed E-state index contributed by atoms with van der Waals surface area (Å²) in [5.74, 6) is -0.295. The van der Waals surface area contributed by atoms with Crippen LogP contribution in [0.1, 0.15) is 30.0 Å². The number of nitrogens with zero attached hydrogens (tertiary/aromatic N) is 4. The second-order valence-corrected chi connectivity index (χ2v) is 8.11. The predicted octanol–water partition coefficient (Wildman–Crippen LogP) is 4.85. The Morgan fingerprint density at radius 1 is 1.09 bits per heavy atom. The Morgan fingerprint density at radius 2 is 1.94 bits per heavy atom. The Bertz CT molecular complexity index is 1290. The van der Waals surface area contributed by atoms with Gasteiger partial charge in [0.05, 0.1) is 6.04 Å². The van der Waals surface area contributed by atoms with E-state index in [1.165, 1.54) is 17.0 Å². The van der Waals surface area contributed by atoms with Crippen molar-refractivity contribution in [3.63, 3.8) is 0 Å². The molecule has 1 N–H and O–H groups in total. The lowest BCUT2D eigenvalue weighted by molar-refractivity contribution is 0.243. The molecule has 2 aromatic carbocycles. The van der Waals surface area contributed by atoms with Crippen LogP contribution in [0.15, 0.2) is 67.0 Å². The zero-order valence-electron chi connectivity index (χ0n) is 17.9. The Balaban J connectivity index is 1.37. The van der Waals surface area contributed by atoms with Gasteiger partial charge in [0, 0.05) is 18.7 Å². The molecule has 168 valence electrons. The van der Waals surface area contributed by atoms with Crippen LogP contribution in [-0.4, -0.2) is 33.7 Å². The lowest BCUT2D eigenvalue weighted by Gasteiger charge is -2.26. The molecule has 8 heteroatoms. The molecule has 1 atom stereocenters. The quantitative estimate of drug-likeness (QED) is 0.475. The van der Waals surface area contributed by atoms with Crippen molar-refractivity contribution in [2.45, 2.75) is 25.3 Å². The second-order valence-electron chi connectivity index (χ2n) is 8.11. The average molecular weight is 447 g/mol. The number of anilines is 1. The van der Waals surface area contributed by atoms with Gasteiger partial charge in [0.25, 0.3) is 0 Å². The molecule has 0 radical (unpaired) electrons. The molecule has 33 heavy (non-hydrogen) atoms. The number of amides is 1. The van der Waals surface area contributed by atoms with Crippen molar-refractivity contribution in [3.05, 3.63) is 89.8 Å². The monoisotopic (exact) mass is 447 g/mol. The summed E-state index contributed by atoms with van der Waals surface area (Å²) in [5.41, 5.74) is 2.47. The first kappa shape index (κ1) is 21.1. The smallest absolute Gasteiger partial charge is 0.328 e. The largest absolute Gasteiger partial charge is 0.349 e. The molecule has 3 heterocycles. The number of halogens is 2. The number of benzene rings is 2. The normalized spacial score (nSPS) is 15.8. The van der Waals surface area contributed by atoms with Crippen molar-refractivity contribution in [2.24, 2.45) is 0 Å². The summed E-state index contributed by atoms with van der Waals surface area (Å²) in [6.45, 7) is 1.14. The van der Waals surface area contributed by atoms with Crippen molar-refractivity contribution in [3.8, 4) is 0 Å². The third kappa shape index (κ3) is 4.28. The molecule has 1 aliphatic rings. The number of pyridine rings is 1. The predicted molar refractivity (Wildman–Crippen MR) is 122 cm³/mol. The van der Waals surface area contributed by atoms with Crippen LogP contribution in [0, 0.1) is 11.6 Å². The van der Waals surface area contributed by atoms with Gasteiger partial charge in [0.2, 0.25) is 0 Å². The Hall–Kier alpha value is -3.81. The minimum Gasteiger partial charge on any atom is -0.349 e. The van der Waals surface area contributed by atoms with Crippen molar-refractivity contribution < 1.29 is 13.6 Å². The van der Waals surface area contributed by atoms with Crippen LogP contribution >= 0.6 is 0 Å². The lowest BCUT2D eigenvalue weighted by atomic mass is 10.0. The molecule has 1 saturated heterocycles. The fourth-order valence-electron chi connectivity index (χ4n) is 4.37. The molecule has 0 unspecified atom stereocenters. The summed E-state index contributed by atoms with van der Waals surface area (Å²) >= 11 is 0. The maximum atomic E-state index is 14.4. The molecule has 4 aromatic rings. The van der Waals surface area contributed by atoms with E-state index in [4.69, 9.17) is 0 Å². The van der Waals surface area contributed by atoms with Gasteiger partial charge in [-0.1, -0.05) is 30.3 Å². The molecule has 5 rings (SSSR count). The van der Waals surface area contributed by atoms with E-state index < -0.39 is 11.6 Å². The van der Waals surface area contributed by atoms with Crippen LogP contribution in [-0.2, 0) is 6.42 Å². The van der Waals surface area contributed by atoms with Crippen LogP contribution in [0.4, 0.5) is 19.4 Å². The number of rotatable bonds is 5. The van der Waals surface area contributed by atoms with Gasteiger partial charge in [-0.3, -0.25) is 0 Å². The lowest BCUT2D eigenvalue weighted by Crippen LogP contribution is -2.30. The molecule has 6 nitrogen and oxygen atoms in total. The Morgan fingerprint density at radius 3 is 2.79 bits per heavy atom.